The van der Waals surface area contributed by atoms with Crippen molar-refractivity contribution in [2.24, 2.45) is 5.92 Å². The lowest BCUT2D eigenvalue weighted by Crippen LogP contribution is -2.50. The Balaban J connectivity index is 1.67. The molecule has 2 atom stereocenters. The van der Waals surface area contributed by atoms with Crippen LogP contribution < -0.4 is 10.2 Å². The normalized spacial score (nSPS) is 20.6. The van der Waals surface area contributed by atoms with Gasteiger partial charge in [-0.05, 0) is 50.6 Å². The Hall–Kier alpha value is -2.72. The van der Waals surface area contributed by atoms with Crippen LogP contribution in [0.15, 0.2) is 41.3 Å². The molecule has 4 rings (SSSR count). The lowest BCUT2D eigenvalue weighted by molar-refractivity contribution is -0.120. The van der Waals surface area contributed by atoms with E-state index < -0.39 is 59.9 Å². The van der Waals surface area contributed by atoms with Gasteiger partial charge in [0.05, 0.1) is 17.8 Å². The molecular weight excluding hydrogens is 529 g/mol. The average molecular weight is 555 g/mol. The number of benzene rings is 2. The lowest BCUT2D eigenvalue weighted by atomic mass is 10.0. The molecule has 2 amide bonds. The zero-order valence-electron chi connectivity index (χ0n) is 20.4. The summed E-state index contributed by atoms with van der Waals surface area (Å²) in [7, 11) is 0. The summed E-state index contributed by atoms with van der Waals surface area (Å²) in [5.41, 5.74) is -0.185. The van der Waals surface area contributed by atoms with Crippen LogP contribution in [0.2, 0.25) is 5.02 Å². The van der Waals surface area contributed by atoms with Crippen molar-refractivity contribution in [1.29, 1.82) is 0 Å². The number of Topliss-reactive ketones (excluding diaryl/α,β-unsaturated/α-hetero) is 1. The van der Waals surface area contributed by atoms with Gasteiger partial charge in [0.25, 0.3) is 11.8 Å². The van der Waals surface area contributed by atoms with E-state index in [1.807, 2.05) is 0 Å². The number of ether oxygens (including phenoxy) is 1. The maximum atomic E-state index is 15.0. The van der Waals surface area contributed by atoms with Crippen LogP contribution in [-0.4, -0.2) is 41.1 Å². The number of alkyl halides is 2. The van der Waals surface area contributed by atoms with Crippen LogP contribution in [-0.2, 0) is 16.1 Å². The fourth-order valence-electron chi connectivity index (χ4n) is 3.95. The van der Waals surface area contributed by atoms with Crippen molar-refractivity contribution in [3.63, 3.8) is 0 Å². The third-order valence-corrected chi connectivity index (χ3v) is 7.33. The summed E-state index contributed by atoms with van der Waals surface area (Å²) >= 11 is 7.12. The van der Waals surface area contributed by atoms with Gasteiger partial charge in [0, 0.05) is 34.4 Å². The number of hydrogen-bond donors (Lipinski definition) is 1. The van der Waals surface area contributed by atoms with Crippen molar-refractivity contribution in [1.82, 2.24) is 5.32 Å². The number of carbonyl (C=O) groups is 3. The van der Waals surface area contributed by atoms with E-state index in [1.54, 1.807) is 45.0 Å². The highest BCUT2D eigenvalue weighted by atomic mass is 35.5. The molecule has 198 valence electrons. The molecule has 1 aliphatic carbocycles. The fourth-order valence-corrected chi connectivity index (χ4v) is 5.15. The molecule has 0 spiro atoms. The predicted molar refractivity (Wildman–Crippen MR) is 135 cm³/mol. The number of anilines is 1. The van der Waals surface area contributed by atoms with Gasteiger partial charge in [0.1, 0.15) is 17.5 Å². The number of halogens is 4. The first-order valence-electron chi connectivity index (χ1n) is 11.7. The van der Waals surface area contributed by atoms with Gasteiger partial charge >= 0.3 is 6.09 Å². The maximum absolute atomic E-state index is 15.0. The Morgan fingerprint density at radius 1 is 1.22 bits per heavy atom. The first kappa shape index (κ1) is 27.3. The van der Waals surface area contributed by atoms with Crippen molar-refractivity contribution < 1.29 is 32.3 Å². The zero-order valence-corrected chi connectivity index (χ0v) is 22.0. The van der Waals surface area contributed by atoms with E-state index in [9.17, 15) is 27.6 Å². The second-order valence-electron chi connectivity index (χ2n) is 10.1. The molecule has 2 aromatic rings. The number of rotatable bonds is 6. The standard InChI is InChI=1S/C26H26ClF3N2O4S/c1-25(2,3)36-24(35)31-19-13-37-22-10-18(28)17(21(33)8-15-11-26(15,29)30)9-20(22)32(23(19)34)12-14-4-6-16(27)7-5-14/h4-7,9-10,15,19H,8,11-13H2,1-3H3,(H,31,35)/t15?,19-/m0/s1. The van der Waals surface area contributed by atoms with Crippen molar-refractivity contribution >= 4 is 46.8 Å². The molecule has 37 heavy (non-hydrogen) atoms. The SMILES string of the molecule is CC(C)(C)OC(=O)N[C@H]1CSc2cc(F)c(C(=O)CC3CC3(F)F)cc2N(Cc2ccc(Cl)cc2)C1=O. The summed E-state index contributed by atoms with van der Waals surface area (Å²) in [6.07, 6.45) is -1.67. The third kappa shape index (κ3) is 6.59. The number of nitrogens with zero attached hydrogens (tertiary/aromatic N) is 1. The number of carbonyl (C=O) groups excluding carboxylic acids is 3. The topological polar surface area (TPSA) is 75.7 Å². The summed E-state index contributed by atoms with van der Waals surface area (Å²) in [6, 6.07) is 8.11. The Labute approximate surface area is 221 Å². The number of amides is 2. The first-order chi connectivity index (χ1) is 17.2. The minimum absolute atomic E-state index is 0.0377. The number of nitrogens with one attached hydrogen (secondary N) is 1. The number of ketones is 1. The van der Waals surface area contributed by atoms with Crippen LogP contribution in [0.25, 0.3) is 0 Å². The zero-order chi connectivity index (χ0) is 27.1. The molecular formula is C26H26ClF3N2O4S. The molecule has 2 aromatic carbocycles. The van der Waals surface area contributed by atoms with Crippen molar-refractivity contribution in [2.75, 3.05) is 10.7 Å². The van der Waals surface area contributed by atoms with Crippen LogP contribution in [0.1, 0.15) is 49.5 Å². The summed E-state index contributed by atoms with van der Waals surface area (Å²) < 4.78 is 47.0. The highest BCUT2D eigenvalue weighted by molar-refractivity contribution is 7.99. The van der Waals surface area contributed by atoms with Crippen LogP contribution in [0.5, 0.6) is 0 Å². The monoisotopic (exact) mass is 554 g/mol. The molecule has 6 nitrogen and oxygen atoms in total. The molecule has 1 saturated carbocycles. The van der Waals surface area contributed by atoms with Gasteiger partial charge in [-0.2, -0.15) is 0 Å². The van der Waals surface area contributed by atoms with Crippen molar-refractivity contribution in [3.8, 4) is 0 Å². The first-order valence-corrected chi connectivity index (χ1v) is 13.0. The lowest BCUT2D eigenvalue weighted by Gasteiger charge is -2.27. The Morgan fingerprint density at radius 3 is 2.46 bits per heavy atom. The van der Waals surface area contributed by atoms with E-state index in [0.29, 0.717) is 15.5 Å². The predicted octanol–water partition coefficient (Wildman–Crippen LogP) is 6.24. The Morgan fingerprint density at radius 2 is 1.86 bits per heavy atom. The highest BCUT2D eigenvalue weighted by Crippen LogP contribution is 2.51. The summed E-state index contributed by atoms with van der Waals surface area (Å²) in [5, 5.41) is 3.08. The number of thioether (sulfide) groups is 1. The molecule has 0 saturated heterocycles. The largest absolute Gasteiger partial charge is 0.444 e. The molecule has 11 heteroatoms. The van der Waals surface area contributed by atoms with Crippen LogP contribution >= 0.6 is 23.4 Å². The molecule has 1 unspecified atom stereocenters. The number of hydrogen-bond acceptors (Lipinski definition) is 5. The van der Waals surface area contributed by atoms with E-state index in [-0.39, 0.29) is 23.5 Å². The fraction of sp³-hybridized carbons (Fsp3) is 0.423. The van der Waals surface area contributed by atoms with Crippen molar-refractivity contribution in [3.05, 3.63) is 58.4 Å². The van der Waals surface area contributed by atoms with E-state index >= 15 is 0 Å². The Bertz CT molecular complexity index is 1230. The third-order valence-electron chi connectivity index (χ3n) is 5.94. The van der Waals surface area contributed by atoms with Crippen LogP contribution in [0.4, 0.5) is 23.7 Å². The van der Waals surface area contributed by atoms with Gasteiger partial charge in [-0.3, -0.25) is 9.59 Å². The Kier molecular flexibility index (Phi) is 7.54. The molecule has 1 fully saturated rings. The molecule has 1 aliphatic heterocycles. The van der Waals surface area contributed by atoms with Gasteiger partial charge in [0.2, 0.25) is 0 Å². The average Bonchev–Trinajstić information content (AvgIpc) is 3.42. The summed E-state index contributed by atoms with van der Waals surface area (Å²) in [4.78, 5) is 40.5. The van der Waals surface area contributed by atoms with E-state index in [0.717, 1.165) is 17.8 Å². The van der Waals surface area contributed by atoms with Crippen LogP contribution in [0, 0.1) is 11.7 Å². The molecule has 0 bridgehead atoms. The maximum Gasteiger partial charge on any atom is 0.408 e. The molecule has 2 aliphatic rings. The summed E-state index contributed by atoms with van der Waals surface area (Å²) in [5.74, 6) is -6.03. The summed E-state index contributed by atoms with van der Waals surface area (Å²) in [6.45, 7) is 5.11. The minimum Gasteiger partial charge on any atom is -0.444 e. The molecule has 0 aromatic heterocycles. The van der Waals surface area contributed by atoms with Gasteiger partial charge < -0.3 is 15.0 Å². The van der Waals surface area contributed by atoms with Crippen molar-refractivity contribution in [2.45, 2.75) is 62.6 Å². The molecule has 1 N–H and O–H groups in total. The second kappa shape index (κ2) is 10.2. The number of fused-ring (bicyclic) bond motifs is 1. The quantitative estimate of drug-likeness (QED) is 0.428. The van der Waals surface area contributed by atoms with Gasteiger partial charge in [0.15, 0.2) is 5.78 Å². The molecule has 0 radical (unpaired) electrons. The number of alkyl carbamates (subject to hydrolysis) is 1. The smallest absolute Gasteiger partial charge is 0.408 e. The van der Waals surface area contributed by atoms with Gasteiger partial charge in [-0.25, -0.2) is 18.0 Å². The minimum atomic E-state index is -2.91. The van der Waals surface area contributed by atoms with E-state index in [2.05, 4.69) is 5.32 Å². The van der Waals surface area contributed by atoms with Crippen LogP contribution in [0.3, 0.4) is 0 Å². The molecule has 1 heterocycles. The van der Waals surface area contributed by atoms with E-state index in [4.69, 9.17) is 16.3 Å². The van der Waals surface area contributed by atoms with Gasteiger partial charge in [-0.15, -0.1) is 11.8 Å². The van der Waals surface area contributed by atoms with Gasteiger partial charge in [-0.1, -0.05) is 23.7 Å². The highest BCUT2D eigenvalue weighted by Gasteiger charge is 2.57. The van der Waals surface area contributed by atoms with E-state index in [1.165, 1.54) is 11.0 Å². The second-order valence-corrected chi connectivity index (χ2v) is 11.6.